The molecule has 5 nitrogen and oxygen atoms in total. The largest absolute Gasteiger partial charge is 0.598 e. The normalized spacial score (nSPS) is 25.8. The van der Waals surface area contributed by atoms with E-state index in [1.54, 1.807) is 4.90 Å². The highest BCUT2D eigenvalue weighted by atomic mass is 32.2. The summed E-state index contributed by atoms with van der Waals surface area (Å²) in [7, 11) is 0. The zero-order valence-electron chi connectivity index (χ0n) is 16.9. The van der Waals surface area contributed by atoms with E-state index in [4.69, 9.17) is 0 Å². The molecule has 31 heavy (non-hydrogen) atoms. The summed E-state index contributed by atoms with van der Waals surface area (Å²) in [4.78, 5) is 14.9. The molecule has 166 valence electrons. The van der Waals surface area contributed by atoms with Crippen LogP contribution in [-0.2, 0) is 16.2 Å². The first-order valence-electron chi connectivity index (χ1n) is 10.0. The van der Waals surface area contributed by atoms with Crippen LogP contribution in [0.3, 0.4) is 0 Å². The molecule has 0 aromatic heterocycles. The van der Waals surface area contributed by atoms with Crippen molar-refractivity contribution in [3.63, 3.8) is 0 Å². The maximum atomic E-state index is 14.4. The zero-order chi connectivity index (χ0) is 22.3. The molecule has 1 saturated heterocycles. The van der Waals surface area contributed by atoms with Crippen molar-refractivity contribution in [2.45, 2.75) is 24.8 Å². The Kier molecular flexibility index (Phi) is 6.04. The highest BCUT2D eigenvalue weighted by molar-refractivity contribution is 7.88. The third kappa shape index (κ3) is 3.95. The molecule has 0 bridgehead atoms. The Labute approximate surface area is 181 Å². The van der Waals surface area contributed by atoms with Gasteiger partial charge in [0.25, 0.3) is 0 Å². The first-order valence-corrected chi connectivity index (χ1v) is 11.6. The lowest BCUT2D eigenvalue weighted by Crippen LogP contribution is -2.58. The lowest BCUT2D eigenvalue weighted by molar-refractivity contribution is -0.146. The summed E-state index contributed by atoms with van der Waals surface area (Å²) in [5.41, 5.74) is -0.984. The number of rotatable bonds is 7. The van der Waals surface area contributed by atoms with Crippen molar-refractivity contribution < 1.29 is 27.6 Å². The molecule has 1 aliphatic heterocycles. The van der Waals surface area contributed by atoms with Gasteiger partial charge in [0.2, 0.25) is 5.91 Å². The summed E-state index contributed by atoms with van der Waals surface area (Å²) in [5.74, 6) is -3.03. The van der Waals surface area contributed by atoms with Crippen molar-refractivity contribution in [3.8, 4) is 11.1 Å². The Balaban J connectivity index is 1.64. The number of hydrogen-bond donors (Lipinski definition) is 2. The fourth-order valence-electron chi connectivity index (χ4n) is 4.42. The second kappa shape index (κ2) is 8.46. The number of aliphatic hydroxyl groups is 1. The maximum absolute atomic E-state index is 14.4. The molecular weight excluding hydrogens is 429 g/mol. The minimum Gasteiger partial charge on any atom is -0.598 e. The number of benzene rings is 2. The van der Waals surface area contributed by atoms with Gasteiger partial charge in [-0.2, -0.15) is 0 Å². The van der Waals surface area contributed by atoms with Gasteiger partial charge in [0.15, 0.2) is 0 Å². The van der Waals surface area contributed by atoms with E-state index in [0.717, 1.165) is 24.6 Å². The van der Waals surface area contributed by atoms with Gasteiger partial charge in [-0.1, -0.05) is 12.1 Å². The quantitative estimate of drug-likeness (QED) is 0.634. The van der Waals surface area contributed by atoms with Gasteiger partial charge in [0, 0.05) is 23.8 Å². The average Bonchev–Trinajstić information content (AvgIpc) is 3.43. The molecule has 9 heteroatoms. The molecule has 2 aromatic rings. The summed E-state index contributed by atoms with van der Waals surface area (Å²) >= 11 is -1.20. The summed E-state index contributed by atoms with van der Waals surface area (Å²) in [6.07, 6.45) is 2.56. The van der Waals surface area contributed by atoms with Gasteiger partial charge in [-0.25, -0.2) is 13.2 Å². The van der Waals surface area contributed by atoms with Gasteiger partial charge in [0.1, 0.15) is 23.7 Å². The summed E-state index contributed by atoms with van der Waals surface area (Å²) in [6.45, 7) is 0.473. The van der Waals surface area contributed by atoms with Gasteiger partial charge in [0.05, 0.1) is 30.2 Å². The number of carbonyl (C=O) groups excluding carboxylic acids is 1. The lowest BCUT2D eigenvalue weighted by Gasteiger charge is -2.43. The summed E-state index contributed by atoms with van der Waals surface area (Å²) in [6, 6.07) is 6.98. The van der Waals surface area contributed by atoms with Crippen molar-refractivity contribution in [1.82, 2.24) is 9.62 Å². The molecule has 3 unspecified atom stereocenters. The summed E-state index contributed by atoms with van der Waals surface area (Å²) < 4.78 is 57.0. The third-order valence-electron chi connectivity index (χ3n) is 6.33. The van der Waals surface area contributed by atoms with E-state index in [1.165, 1.54) is 24.5 Å². The van der Waals surface area contributed by atoms with Crippen molar-refractivity contribution in [2.24, 2.45) is 5.41 Å². The molecular formula is C22H23F3N2O3S. The van der Waals surface area contributed by atoms with Crippen LogP contribution in [0.2, 0.25) is 0 Å². The predicted molar refractivity (Wildman–Crippen MR) is 111 cm³/mol. The van der Waals surface area contributed by atoms with Crippen LogP contribution in [0.1, 0.15) is 24.3 Å². The molecule has 2 fully saturated rings. The molecule has 1 amide bonds. The molecule has 1 saturated carbocycles. The Morgan fingerprint density at radius 2 is 2.00 bits per heavy atom. The van der Waals surface area contributed by atoms with E-state index in [0.29, 0.717) is 25.1 Å². The number of carbonyl (C=O) groups is 1. The first kappa shape index (κ1) is 22.1. The zero-order valence-corrected chi connectivity index (χ0v) is 17.7. The molecule has 1 heterocycles. The van der Waals surface area contributed by atoms with Gasteiger partial charge in [-0.3, -0.25) is 4.79 Å². The van der Waals surface area contributed by atoms with Gasteiger partial charge >= 0.3 is 0 Å². The van der Waals surface area contributed by atoms with Crippen LogP contribution < -0.4 is 4.72 Å². The van der Waals surface area contributed by atoms with Crippen LogP contribution in [-0.4, -0.2) is 52.5 Å². The Morgan fingerprint density at radius 3 is 2.58 bits per heavy atom. The number of aliphatic hydroxyl groups excluding tert-OH is 1. The van der Waals surface area contributed by atoms with Crippen LogP contribution in [0.25, 0.3) is 11.1 Å². The summed E-state index contributed by atoms with van der Waals surface area (Å²) in [5, 5.41) is 10.1. The second-order valence-electron chi connectivity index (χ2n) is 8.14. The van der Waals surface area contributed by atoms with Crippen LogP contribution >= 0.6 is 0 Å². The topological polar surface area (TPSA) is 75.6 Å². The van der Waals surface area contributed by atoms with Crippen LogP contribution in [0.15, 0.2) is 36.4 Å². The van der Waals surface area contributed by atoms with E-state index < -0.39 is 46.8 Å². The van der Waals surface area contributed by atoms with E-state index in [9.17, 15) is 27.6 Å². The number of hydrogen-bond acceptors (Lipinski definition) is 4. The molecule has 2 aliphatic rings. The number of halogens is 3. The highest BCUT2D eigenvalue weighted by Crippen LogP contribution is 2.62. The van der Waals surface area contributed by atoms with Crippen molar-refractivity contribution >= 4 is 17.3 Å². The van der Waals surface area contributed by atoms with Crippen molar-refractivity contribution in [1.29, 1.82) is 0 Å². The molecule has 2 aromatic carbocycles. The molecule has 2 N–H and O–H groups in total. The lowest BCUT2D eigenvalue weighted by atomic mass is 9.89. The monoisotopic (exact) mass is 452 g/mol. The van der Waals surface area contributed by atoms with Crippen LogP contribution in [0, 0.1) is 22.9 Å². The maximum Gasteiger partial charge on any atom is 0.232 e. The number of nitrogens with one attached hydrogen (secondary N) is 1. The third-order valence-corrected chi connectivity index (χ3v) is 6.91. The Bertz CT molecular complexity index is 986. The Morgan fingerprint density at radius 1 is 1.29 bits per heavy atom. The number of likely N-dealkylation sites (tertiary alicyclic amines) is 1. The van der Waals surface area contributed by atoms with Gasteiger partial charge in [-0.05, 0) is 48.2 Å². The minimum atomic E-state index is -1.20. The molecule has 4 rings (SSSR count). The Hall–Kier alpha value is -2.07. The van der Waals surface area contributed by atoms with Gasteiger partial charge in [-0.15, -0.1) is 4.72 Å². The minimum absolute atomic E-state index is 0.0481. The van der Waals surface area contributed by atoms with E-state index in [1.807, 2.05) is 0 Å². The number of amides is 1. The van der Waals surface area contributed by atoms with E-state index >= 15 is 0 Å². The van der Waals surface area contributed by atoms with Crippen LogP contribution in [0.5, 0.6) is 0 Å². The van der Waals surface area contributed by atoms with Gasteiger partial charge < -0.3 is 14.6 Å². The fraction of sp³-hybridized carbons (Fsp3) is 0.409. The SMILES string of the molecule is C[S+]([O-])NC[C@@H]1CCN1C(=O)C1(CO)CC1c1ccc(F)cc1-c1c(F)cccc1F. The van der Waals surface area contributed by atoms with Crippen molar-refractivity contribution in [3.05, 3.63) is 59.4 Å². The van der Waals surface area contributed by atoms with E-state index in [2.05, 4.69) is 4.72 Å². The van der Waals surface area contributed by atoms with Crippen molar-refractivity contribution in [2.75, 3.05) is 26.0 Å². The molecule has 1 aliphatic carbocycles. The fourth-order valence-corrected chi connectivity index (χ4v) is 4.84. The highest BCUT2D eigenvalue weighted by Gasteiger charge is 2.63. The number of nitrogens with zero attached hydrogens (tertiary/aromatic N) is 1. The smallest absolute Gasteiger partial charge is 0.232 e. The molecule has 0 radical (unpaired) electrons. The average molecular weight is 452 g/mol. The van der Waals surface area contributed by atoms with E-state index in [-0.39, 0.29) is 23.1 Å². The van der Waals surface area contributed by atoms with Crippen LogP contribution in [0.4, 0.5) is 13.2 Å². The first-order chi connectivity index (χ1) is 14.8. The molecule has 4 atom stereocenters. The standard InChI is InChI=1S/C22H23F3N2O3S/c1-31(30)26-11-14-7-8-27(14)21(29)22(12-28)10-17(22)15-6-5-13(23)9-16(15)20-18(24)3-2-4-19(20)25/h2-6,9,14,17,26,28H,7-8,10-12H2,1H3/t14-,17?,22?,31?/m0/s1. The second-order valence-corrected chi connectivity index (χ2v) is 9.34. The molecule has 0 spiro atoms. The predicted octanol–water partition coefficient (Wildman–Crippen LogP) is 2.72.